The Morgan fingerprint density at radius 1 is 1.04 bits per heavy atom. The molecule has 0 unspecified atom stereocenters. The lowest BCUT2D eigenvalue weighted by atomic mass is 10.0. The first kappa shape index (κ1) is 20.8. The lowest BCUT2D eigenvalue weighted by molar-refractivity contribution is 0.0781. The van der Waals surface area contributed by atoms with Gasteiger partial charge in [-0.2, -0.15) is 0 Å². The number of halogens is 1. The second-order valence-electron chi connectivity index (χ2n) is 7.23. The zero-order valence-corrected chi connectivity index (χ0v) is 17.0. The molecule has 2 N–H and O–H groups in total. The maximum atomic E-state index is 12.8. The Bertz CT molecular complexity index is 925. The van der Waals surface area contributed by atoms with Crippen molar-refractivity contribution in [2.24, 2.45) is 11.8 Å². The summed E-state index contributed by atoms with van der Waals surface area (Å²) >= 11 is 0. The van der Waals surface area contributed by atoms with Crippen LogP contribution in [0.15, 0.2) is 59.5 Å². The molecular weight excluding hydrogens is 398 g/mol. The van der Waals surface area contributed by atoms with Crippen LogP contribution in [0.25, 0.3) is 0 Å². The van der Waals surface area contributed by atoms with Crippen molar-refractivity contribution in [2.45, 2.75) is 11.4 Å². The van der Waals surface area contributed by atoms with Crippen molar-refractivity contribution in [1.82, 2.24) is 14.9 Å². The zero-order valence-electron chi connectivity index (χ0n) is 15.4. The molecule has 2 fully saturated rings. The summed E-state index contributed by atoms with van der Waals surface area (Å²) in [4.78, 5) is 14.8. The maximum Gasteiger partial charge on any atom is 0.253 e. The molecule has 0 saturated carbocycles. The number of likely N-dealkylation sites (tertiary alicyclic amines) is 1. The average molecular weight is 422 g/mol. The van der Waals surface area contributed by atoms with E-state index in [1.165, 1.54) is 12.1 Å². The number of sulfonamides is 1. The summed E-state index contributed by atoms with van der Waals surface area (Å²) in [5, 5.41) is 3.35. The first-order chi connectivity index (χ1) is 13.0. The van der Waals surface area contributed by atoms with Gasteiger partial charge < -0.3 is 10.2 Å². The van der Waals surface area contributed by atoms with Crippen molar-refractivity contribution in [2.75, 3.05) is 26.2 Å². The fourth-order valence-corrected chi connectivity index (χ4v) is 4.92. The van der Waals surface area contributed by atoms with E-state index in [1.807, 2.05) is 35.2 Å². The van der Waals surface area contributed by atoms with Crippen LogP contribution in [-0.4, -0.2) is 45.4 Å². The molecule has 28 heavy (non-hydrogen) atoms. The minimum atomic E-state index is -3.68. The minimum Gasteiger partial charge on any atom is -0.338 e. The predicted molar refractivity (Wildman–Crippen MR) is 110 cm³/mol. The summed E-state index contributed by atoms with van der Waals surface area (Å²) in [5.41, 5.74) is 1.30. The molecule has 150 valence electrons. The quantitative estimate of drug-likeness (QED) is 0.772. The van der Waals surface area contributed by atoms with Crippen molar-refractivity contribution in [3.63, 3.8) is 0 Å². The van der Waals surface area contributed by atoms with Gasteiger partial charge in [0, 0.05) is 38.3 Å². The minimum absolute atomic E-state index is 0. The summed E-state index contributed by atoms with van der Waals surface area (Å²) in [6.45, 7) is 3.59. The lowest BCUT2D eigenvalue weighted by Gasteiger charge is -2.18. The molecule has 6 nitrogen and oxygen atoms in total. The zero-order chi connectivity index (χ0) is 18.9. The molecule has 2 aliphatic rings. The van der Waals surface area contributed by atoms with E-state index in [9.17, 15) is 13.2 Å². The van der Waals surface area contributed by atoms with Crippen molar-refractivity contribution < 1.29 is 13.2 Å². The molecule has 0 spiro atoms. The lowest BCUT2D eigenvalue weighted by Crippen LogP contribution is -2.32. The molecule has 0 bridgehead atoms. The number of carbonyl (C=O) groups is 1. The number of nitrogens with zero attached hydrogens (tertiary/aromatic N) is 1. The summed E-state index contributed by atoms with van der Waals surface area (Å²) in [6.07, 6.45) is 0. The van der Waals surface area contributed by atoms with Gasteiger partial charge in [-0.25, -0.2) is 13.1 Å². The molecular formula is C20H24ClN3O3S. The summed E-state index contributed by atoms with van der Waals surface area (Å²) in [7, 11) is -3.68. The van der Waals surface area contributed by atoms with Crippen LogP contribution in [0.5, 0.6) is 0 Å². The Labute approximate surface area is 171 Å². The Balaban J connectivity index is 0.00000225. The largest absolute Gasteiger partial charge is 0.338 e. The van der Waals surface area contributed by atoms with Gasteiger partial charge in [0.15, 0.2) is 0 Å². The monoisotopic (exact) mass is 421 g/mol. The van der Waals surface area contributed by atoms with Crippen molar-refractivity contribution in [3.8, 4) is 0 Å². The highest BCUT2D eigenvalue weighted by atomic mass is 35.5. The molecule has 2 aromatic rings. The van der Waals surface area contributed by atoms with Crippen LogP contribution < -0.4 is 10.0 Å². The summed E-state index contributed by atoms with van der Waals surface area (Å²) in [6, 6.07) is 15.6. The molecule has 2 saturated heterocycles. The van der Waals surface area contributed by atoms with E-state index >= 15 is 0 Å². The molecule has 2 heterocycles. The number of carbonyl (C=O) groups excluding carboxylic acids is 1. The molecule has 0 aliphatic carbocycles. The highest BCUT2D eigenvalue weighted by molar-refractivity contribution is 7.89. The van der Waals surface area contributed by atoms with Crippen LogP contribution in [-0.2, 0) is 16.6 Å². The van der Waals surface area contributed by atoms with E-state index in [0.717, 1.165) is 31.7 Å². The van der Waals surface area contributed by atoms with Gasteiger partial charge in [-0.3, -0.25) is 4.79 Å². The van der Waals surface area contributed by atoms with E-state index in [4.69, 9.17) is 0 Å². The van der Waals surface area contributed by atoms with Crippen LogP contribution in [0, 0.1) is 11.8 Å². The summed E-state index contributed by atoms with van der Waals surface area (Å²) in [5.74, 6) is 0.923. The van der Waals surface area contributed by atoms with Gasteiger partial charge in [0.05, 0.1) is 4.90 Å². The number of fused-ring (bicyclic) bond motifs is 1. The van der Waals surface area contributed by atoms with E-state index < -0.39 is 10.0 Å². The highest BCUT2D eigenvalue weighted by Crippen LogP contribution is 2.27. The van der Waals surface area contributed by atoms with E-state index in [0.29, 0.717) is 17.4 Å². The van der Waals surface area contributed by atoms with Crippen LogP contribution >= 0.6 is 12.4 Å². The molecule has 2 aliphatic heterocycles. The SMILES string of the molecule is Cl.O=C(c1cccc(S(=O)(=O)NCc2ccccc2)c1)N1C[C@H]2CNC[C@H]2C1. The van der Waals surface area contributed by atoms with Crippen LogP contribution in [0.2, 0.25) is 0 Å². The fourth-order valence-electron chi connectivity index (χ4n) is 3.86. The molecule has 8 heteroatoms. The van der Waals surface area contributed by atoms with E-state index in [1.54, 1.807) is 12.1 Å². The summed E-state index contributed by atoms with van der Waals surface area (Å²) < 4.78 is 27.8. The molecule has 4 rings (SSSR count). The number of amides is 1. The molecule has 2 atom stereocenters. The predicted octanol–water partition coefficient (Wildman–Crippen LogP) is 1.88. The topological polar surface area (TPSA) is 78.5 Å². The van der Waals surface area contributed by atoms with Crippen LogP contribution in [0.1, 0.15) is 15.9 Å². The third-order valence-corrected chi connectivity index (χ3v) is 6.78. The van der Waals surface area contributed by atoms with Crippen LogP contribution in [0.3, 0.4) is 0 Å². The third-order valence-electron chi connectivity index (χ3n) is 5.38. The second kappa shape index (κ2) is 8.61. The Morgan fingerprint density at radius 3 is 2.39 bits per heavy atom. The fraction of sp³-hybridized carbons (Fsp3) is 0.350. The number of hydrogen-bond acceptors (Lipinski definition) is 4. The first-order valence-electron chi connectivity index (χ1n) is 9.16. The van der Waals surface area contributed by atoms with Gasteiger partial charge in [0.25, 0.3) is 5.91 Å². The second-order valence-corrected chi connectivity index (χ2v) is 8.99. The van der Waals surface area contributed by atoms with Gasteiger partial charge in [0.1, 0.15) is 0 Å². The van der Waals surface area contributed by atoms with Gasteiger partial charge in [-0.15, -0.1) is 12.4 Å². The number of rotatable bonds is 5. The van der Waals surface area contributed by atoms with E-state index in [2.05, 4.69) is 10.0 Å². The third kappa shape index (κ3) is 4.38. The molecule has 1 amide bonds. The van der Waals surface area contributed by atoms with Crippen LogP contribution in [0.4, 0.5) is 0 Å². The maximum absolute atomic E-state index is 12.8. The van der Waals surface area contributed by atoms with Gasteiger partial charge >= 0.3 is 0 Å². The Morgan fingerprint density at radius 2 is 1.71 bits per heavy atom. The normalized spacial score (nSPS) is 21.2. The molecule has 2 aromatic carbocycles. The number of benzene rings is 2. The Kier molecular flexibility index (Phi) is 6.40. The first-order valence-corrected chi connectivity index (χ1v) is 10.6. The average Bonchev–Trinajstić information content (AvgIpc) is 3.29. The van der Waals surface area contributed by atoms with Gasteiger partial charge in [0.2, 0.25) is 10.0 Å². The van der Waals surface area contributed by atoms with Gasteiger partial charge in [-0.05, 0) is 35.6 Å². The number of hydrogen-bond donors (Lipinski definition) is 2. The van der Waals surface area contributed by atoms with Crippen molar-refractivity contribution >= 4 is 28.3 Å². The smallest absolute Gasteiger partial charge is 0.253 e. The van der Waals surface area contributed by atoms with E-state index in [-0.39, 0.29) is 29.8 Å². The molecule has 0 aromatic heterocycles. The van der Waals surface area contributed by atoms with Crippen molar-refractivity contribution in [1.29, 1.82) is 0 Å². The molecule has 0 radical (unpaired) electrons. The van der Waals surface area contributed by atoms with Crippen molar-refractivity contribution in [3.05, 3.63) is 65.7 Å². The number of nitrogens with one attached hydrogen (secondary N) is 2. The Hall–Kier alpha value is -1.93. The van der Waals surface area contributed by atoms with Gasteiger partial charge in [-0.1, -0.05) is 36.4 Å². The highest BCUT2D eigenvalue weighted by Gasteiger charge is 2.38. The standard InChI is InChI=1S/C20H23N3O3S.ClH/c24-20(23-13-17-11-21-12-18(17)14-23)16-7-4-8-19(9-16)27(25,26)22-10-15-5-2-1-3-6-15;/h1-9,17-18,21-22H,10-14H2;1H/t17-,18+;.